The SMILES string of the molecule is C#Cc1cccc(C2=CC(C)(c3cccc(C#C)c3)Nc3cc(OC)ccc32)c1. The zero-order valence-corrected chi connectivity index (χ0v) is 16.5. The molecule has 29 heavy (non-hydrogen) atoms. The molecule has 3 aromatic rings. The van der Waals surface area contributed by atoms with Gasteiger partial charge in [-0.3, -0.25) is 0 Å². The van der Waals surface area contributed by atoms with E-state index < -0.39 is 5.54 Å². The Kier molecular flexibility index (Phi) is 4.63. The van der Waals surface area contributed by atoms with Gasteiger partial charge in [0.15, 0.2) is 0 Å². The van der Waals surface area contributed by atoms with E-state index >= 15 is 0 Å². The molecule has 0 saturated heterocycles. The van der Waals surface area contributed by atoms with E-state index in [9.17, 15) is 0 Å². The van der Waals surface area contributed by atoms with Gasteiger partial charge >= 0.3 is 0 Å². The van der Waals surface area contributed by atoms with E-state index in [1.807, 2.05) is 48.5 Å². The van der Waals surface area contributed by atoms with Crippen LogP contribution < -0.4 is 10.1 Å². The molecule has 1 atom stereocenters. The van der Waals surface area contributed by atoms with Gasteiger partial charge in [-0.25, -0.2) is 0 Å². The van der Waals surface area contributed by atoms with Crippen LogP contribution >= 0.6 is 0 Å². The molecule has 0 amide bonds. The van der Waals surface area contributed by atoms with Gasteiger partial charge in [-0.15, -0.1) is 12.8 Å². The maximum absolute atomic E-state index is 5.64. The van der Waals surface area contributed by atoms with Gasteiger partial charge < -0.3 is 10.1 Å². The minimum Gasteiger partial charge on any atom is -0.497 e. The zero-order chi connectivity index (χ0) is 20.4. The fourth-order valence-corrected chi connectivity index (χ4v) is 3.77. The van der Waals surface area contributed by atoms with Gasteiger partial charge in [0.25, 0.3) is 0 Å². The number of benzene rings is 3. The van der Waals surface area contributed by atoms with Crippen LogP contribution in [-0.4, -0.2) is 7.11 Å². The third-order valence-electron chi connectivity index (χ3n) is 5.31. The Morgan fingerprint density at radius 3 is 2.34 bits per heavy atom. The number of ether oxygens (including phenoxy) is 1. The number of hydrogen-bond acceptors (Lipinski definition) is 2. The Morgan fingerprint density at radius 2 is 1.62 bits per heavy atom. The smallest absolute Gasteiger partial charge is 0.120 e. The highest BCUT2D eigenvalue weighted by molar-refractivity contribution is 5.90. The van der Waals surface area contributed by atoms with Crippen molar-refractivity contribution in [2.24, 2.45) is 0 Å². The van der Waals surface area contributed by atoms with Crippen molar-refractivity contribution in [3.8, 4) is 30.4 Å². The molecule has 1 aliphatic rings. The lowest BCUT2D eigenvalue weighted by Crippen LogP contribution is -2.33. The number of methoxy groups -OCH3 is 1. The van der Waals surface area contributed by atoms with E-state index in [4.69, 9.17) is 17.6 Å². The molecule has 0 bridgehead atoms. The van der Waals surface area contributed by atoms with Gasteiger partial charge in [-0.2, -0.15) is 0 Å². The van der Waals surface area contributed by atoms with E-state index in [1.54, 1.807) is 7.11 Å². The first-order valence-corrected chi connectivity index (χ1v) is 9.40. The Bertz CT molecular complexity index is 1210. The highest BCUT2D eigenvalue weighted by Crippen LogP contribution is 2.43. The third kappa shape index (κ3) is 3.38. The second kappa shape index (κ2) is 7.27. The molecule has 2 heteroatoms. The number of terminal acetylenes is 2. The molecule has 1 unspecified atom stereocenters. The van der Waals surface area contributed by atoms with Crippen molar-refractivity contribution in [1.82, 2.24) is 0 Å². The molecular weight excluding hydrogens is 354 g/mol. The van der Waals surface area contributed by atoms with Crippen LogP contribution in [0.4, 0.5) is 5.69 Å². The predicted molar refractivity (Wildman–Crippen MR) is 120 cm³/mol. The number of hydrogen-bond donors (Lipinski definition) is 1. The summed E-state index contributed by atoms with van der Waals surface area (Å²) in [7, 11) is 1.67. The minimum atomic E-state index is -0.451. The highest BCUT2D eigenvalue weighted by atomic mass is 16.5. The molecule has 0 saturated carbocycles. The summed E-state index contributed by atoms with van der Waals surface area (Å²) < 4.78 is 5.46. The van der Waals surface area contributed by atoms with Gasteiger partial charge in [0.1, 0.15) is 5.75 Å². The summed E-state index contributed by atoms with van der Waals surface area (Å²) in [6.07, 6.45) is 13.5. The van der Waals surface area contributed by atoms with Crippen molar-refractivity contribution < 1.29 is 4.74 Å². The predicted octanol–water partition coefficient (Wildman–Crippen LogP) is 5.43. The van der Waals surface area contributed by atoms with Crippen molar-refractivity contribution in [2.75, 3.05) is 12.4 Å². The Hall–Kier alpha value is -3.88. The fraction of sp³-hybridized carbons (Fsp3) is 0.111. The van der Waals surface area contributed by atoms with E-state index in [2.05, 4.69) is 48.4 Å². The van der Waals surface area contributed by atoms with E-state index in [-0.39, 0.29) is 0 Å². The summed E-state index contributed by atoms with van der Waals surface area (Å²) in [5, 5.41) is 3.68. The Labute approximate surface area is 172 Å². The van der Waals surface area contributed by atoms with E-state index in [0.717, 1.165) is 44.8 Å². The molecule has 2 nitrogen and oxygen atoms in total. The van der Waals surface area contributed by atoms with Crippen LogP contribution in [0.3, 0.4) is 0 Å². The number of rotatable bonds is 3. The first-order valence-electron chi connectivity index (χ1n) is 9.40. The number of anilines is 1. The molecule has 1 aliphatic heterocycles. The molecular formula is C27H21NO. The Morgan fingerprint density at radius 1 is 0.897 bits per heavy atom. The van der Waals surface area contributed by atoms with Crippen LogP contribution in [0.15, 0.2) is 72.8 Å². The maximum atomic E-state index is 5.64. The van der Waals surface area contributed by atoms with Gasteiger partial charge in [0.2, 0.25) is 0 Å². The van der Waals surface area contributed by atoms with Crippen LogP contribution in [0.1, 0.15) is 34.7 Å². The summed E-state index contributed by atoms with van der Waals surface area (Å²) in [4.78, 5) is 0. The van der Waals surface area contributed by atoms with Crippen molar-refractivity contribution in [3.63, 3.8) is 0 Å². The lowest BCUT2D eigenvalue weighted by atomic mass is 9.81. The molecule has 1 heterocycles. The average molecular weight is 375 g/mol. The molecule has 1 N–H and O–H groups in total. The molecule has 0 radical (unpaired) electrons. The van der Waals surface area contributed by atoms with E-state index in [1.165, 1.54) is 0 Å². The zero-order valence-electron chi connectivity index (χ0n) is 16.5. The third-order valence-corrected chi connectivity index (χ3v) is 5.31. The van der Waals surface area contributed by atoms with Crippen molar-refractivity contribution in [2.45, 2.75) is 12.5 Å². The monoisotopic (exact) mass is 375 g/mol. The summed E-state index contributed by atoms with van der Waals surface area (Å²) in [6, 6.07) is 22.2. The average Bonchev–Trinajstić information content (AvgIpc) is 2.78. The second-order valence-corrected chi connectivity index (χ2v) is 7.25. The molecule has 0 aromatic heterocycles. The topological polar surface area (TPSA) is 21.3 Å². The largest absolute Gasteiger partial charge is 0.497 e. The van der Waals surface area contributed by atoms with Crippen LogP contribution in [-0.2, 0) is 5.54 Å². The van der Waals surface area contributed by atoms with Gasteiger partial charge in [-0.05, 0) is 66.1 Å². The molecule has 0 aliphatic carbocycles. The van der Waals surface area contributed by atoms with Crippen LogP contribution in [0.2, 0.25) is 0 Å². The fourth-order valence-electron chi connectivity index (χ4n) is 3.77. The molecule has 0 fully saturated rings. The Balaban J connectivity index is 1.94. The lowest BCUT2D eigenvalue weighted by Gasteiger charge is -2.36. The first-order chi connectivity index (χ1) is 14.1. The van der Waals surface area contributed by atoms with Crippen LogP contribution in [0.25, 0.3) is 5.57 Å². The quantitative estimate of drug-likeness (QED) is 0.616. The van der Waals surface area contributed by atoms with Crippen molar-refractivity contribution in [3.05, 3.63) is 101 Å². The van der Waals surface area contributed by atoms with Gasteiger partial charge in [0.05, 0.1) is 12.6 Å². The summed E-state index contributed by atoms with van der Waals surface area (Å²) in [5.74, 6) is 6.26. The molecule has 3 aromatic carbocycles. The summed E-state index contributed by atoms with van der Waals surface area (Å²) in [5.41, 5.74) is 6.64. The van der Waals surface area contributed by atoms with Crippen LogP contribution in [0, 0.1) is 24.7 Å². The molecule has 0 spiro atoms. The number of nitrogens with one attached hydrogen (secondary N) is 1. The van der Waals surface area contributed by atoms with Crippen LogP contribution in [0.5, 0.6) is 5.75 Å². The maximum Gasteiger partial charge on any atom is 0.120 e. The number of fused-ring (bicyclic) bond motifs is 1. The minimum absolute atomic E-state index is 0.451. The lowest BCUT2D eigenvalue weighted by molar-refractivity contribution is 0.415. The standard InChI is InChI=1S/C27H21NO/c1-5-19-9-7-11-21(15-19)25-18-27(3,22-12-8-10-20(6-2)16-22)28-26-17-23(29-4)13-14-24(25)26/h1-2,7-18,28H,3-4H3. The van der Waals surface area contributed by atoms with Crippen molar-refractivity contribution in [1.29, 1.82) is 0 Å². The highest BCUT2D eigenvalue weighted by Gasteiger charge is 2.31. The normalized spacial score (nSPS) is 17.2. The second-order valence-electron chi connectivity index (χ2n) is 7.25. The van der Waals surface area contributed by atoms with Gasteiger partial charge in [-0.1, -0.05) is 36.1 Å². The molecule has 140 valence electrons. The van der Waals surface area contributed by atoms with Crippen molar-refractivity contribution >= 4 is 11.3 Å². The van der Waals surface area contributed by atoms with E-state index in [0.29, 0.717) is 0 Å². The summed E-state index contributed by atoms with van der Waals surface area (Å²) >= 11 is 0. The van der Waals surface area contributed by atoms with Gasteiger partial charge in [0, 0.05) is 28.4 Å². The molecule has 4 rings (SSSR count). The first kappa shape index (κ1) is 18.5. The summed E-state index contributed by atoms with van der Waals surface area (Å²) in [6.45, 7) is 2.15.